The summed E-state index contributed by atoms with van der Waals surface area (Å²) in [5.41, 5.74) is 0.370. The van der Waals surface area contributed by atoms with Crippen LogP contribution in [0.3, 0.4) is 0 Å². The third kappa shape index (κ3) is 2.17. The van der Waals surface area contributed by atoms with Crippen molar-refractivity contribution in [3.8, 4) is 0 Å². The quantitative estimate of drug-likeness (QED) is 0.656. The van der Waals surface area contributed by atoms with Gasteiger partial charge in [-0.05, 0) is 39.7 Å². The number of hydrogen-bond donors (Lipinski definition) is 1. The molecule has 0 aromatic rings. The Kier molecular flexibility index (Phi) is 2.90. The molecule has 11 heavy (non-hydrogen) atoms. The molecular formula is C9H19NO. The molecule has 66 valence electrons. The number of hydrogen-bond acceptors (Lipinski definition) is 2. The van der Waals surface area contributed by atoms with Crippen molar-refractivity contribution in [2.45, 2.75) is 44.2 Å². The summed E-state index contributed by atoms with van der Waals surface area (Å²) in [6, 6.07) is 0. The standard InChI is InChI=1S/C9H19NO/c1-9(10-2)6-4-8(11-3)5-7-9/h8,10H,4-7H2,1-3H3. The Labute approximate surface area is 69.3 Å². The maximum absolute atomic E-state index is 5.30. The second-order valence-electron chi connectivity index (χ2n) is 3.75. The number of rotatable bonds is 2. The Morgan fingerprint density at radius 3 is 2.27 bits per heavy atom. The van der Waals surface area contributed by atoms with Gasteiger partial charge in [0.2, 0.25) is 0 Å². The zero-order valence-electron chi connectivity index (χ0n) is 7.81. The lowest BCUT2D eigenvalue weighted by Gasteiger charge is -2.36. The van der Waals surface area contributed by atoms with Crippen LogP contribution in [0.4, 0.5) is 0 Å². The fourth-order valence-electron chi connectivity index (χ4n) is 1.71. The van der Waals surface area contributed by atoms with Crippen LogP contribution in [0.1, 0.15) is 32.6 Å². The fourth-order valence-corrected chi connectivity index (χ4v) is 1.71. The largest absolute Gasteiger partial charge is 0.381 e. The van der Waals surface area contributed by atoms with Crippen molar-refractivity contribution >= 4 is 0 Å². The van der Waals surface area contributed by atoms with Gasteiger partial charge >= 0.3 is 0 Å². The van der Waals surface area contributed by atoms with Crippen molar-refractivity contribution in [2.24, 2.45) is 0 Å². The van der Waals surface area contributed by atoms with Crippen LogP contribution in [-0.4, -0.2) is 25.8 Å². The molecule has 0 spiro atoms. The Bertz CT molecular complexity index is 117. The highest BCUT2D eigenvalue weighted by Gasteiger charge is 2.28. The highest BCUT2D eigenvalue weighted by molar-refractivity contribution is 4.87. The maximum Gasteiger partial charge on any atom is 0.0572 e. The molecule has 2 nitrogen and oxygen atoms in total. The molecule has 0 amide bonds. The van der Waals surface area contributed by atoms with Gasteiger partial charge in [0, 0.05) is 12.6 Å². The van der Waals surface area contributed by atoms with Gasteiger partial charge < -0.3 is 10.1 Å². The summed E-state index contributed by atoms with van der Waals surface area (Å²) in [4.78, 5) is 0. The Hall–Kier alpha value is -0.0800. The molecule has 1 N–H and O–H groups in total. The molecule has 1 aliphatic rings. The van der Waals surface area contributed by atoms with Crippen LogP contribution in [-0.2, 0) is 4.74 Å². The Morgan fingerprint density at radius 1 is 1.36 bits per heavy atom. The lowest BCUT2D eigenvalue weighted by Crippen LogP contribution is -2.44. The second-order valence-corrected chi connectivity index (χ2v) is 3.75. The summed E-state index contributed by atoms with van der Waals surface area (Å²) in [5.74, 6) is 0. The first-order valence-corrected chi connectivity index (χ1v) is 4.42. The first kappa shape index (κ1) is 9.01. The van der Waals surface area contributed by atoms with E-state index in [1.807, 2.05) is 14.2 Å². The van der Waals surface area contributed by atoms with Crippen molar-refractivity contribution in [1.29, 1.82) is 0 Å². The molecule has 1 rings (SSSR count). The van der Waals surface area contributed by atoms with E-state index in [0.29, 0.717) is 11.6 Å². The summed E-state index contributed by atoms with van der Waals surface area (Å²) in [6.07, 6.45) is 5.39. The molecule has 1 aliphatic carbocycles. The third-order valence-electron chi connectivity index (χ3n) is 2.97. The summed E-state index contributed by atoms with van der Waals surface area (Å²) >= 11 is 0. The van der Waals surface area contributed by atoms with Crippen molar-refractivity contribution < 1.29 is 4.74 Å². The lowest BCUT2D eigenvalue weighted by atomic mass is 9.82. The monoisotopic (exact) mass is 157 g/mol. The number of ether oxygens (including phenoxy) is 1. The highest BCUT2D eigenvalue weighted by Crippen LogP contribution is 2.28. The molecule has 0 unspecified atom stereocenters. The van der Waals surface area contributed by atoms with E-state index in [-0.39, 0.29) is 0 Å². The van der Waals surface area contributed by atoms with Crippen molar-refractivity contribution in [3.05, 3.63) is 0 Å². The summed E-state index contributed by atoms with van der Waals surface area (Å²) in [7, 11) is 3.86. The van der Waals surface area contributed by atoms with E-state index in [1.54, 1.807) is 0 Å². The third-order valence-corrected chi connectivity index (χ3v) is 2.97. The maximum atomic E-state index is 5.30. The average Bonchev–Trinajstić information content (AvgIpc) is 2.06. The fraction of sp³-hybridized carbons (Fsp3) is 1.00. The van der Waals surface area contributed by atoms with Crippen LogP contribution in [0.5, 0.6) is 0 Å². The van der Waals surface area contributed by atoms with Crippen LogP contribution in [0.25, 0.3) is 0 Å². The number of nitrogens with one attached hydrogen (secondary N) is 1. The second kappa shape index (κ2) is 3.55. The van der Waals surface area contributed by atoms with Gasteiger partial charge in [0.25, 0.3) is 0 Å². The Morgan fingerprint density at radius 2 is 1.91 bits per heavy atom. The molecule has 0 aromatic carbocycles. The molecule has 2 heteroatoms. The minimum absolute atomic E-state index is 0.370. The van der Waals surface area contributed by atoms with Gasteiger partial charge in [0.05, 0.1) is 6.10 Å². The van der Waals surface area contributed by atoms with Gasteiger partial charge in [0.1, 0.15) is 0 Å². The van der Waals surface area contributed by atoms with Crippen LogP contribution >= 0.6 is 0 Å². The van der Waals surface area contributed by atoms with Gasteiger partial charge in [0.15, 0.2) is 0 Å². The zero-order valence-corrected chi connectivity index (χ0v) is 7.81. The van der Waals surface area contributed by atoms with Crippen LogP contribution in [0, 0.1) is 0 Å². The van der Waals surface area contributed by atoms with Crippen LogP contribution in [0.2, 0.25) is 0 Å². The summed E-state index contributed by atoms with van der Waals surface area (Å²) < 4.78 is 5.30. The van der Waals surface area contributed by atoms with E-state index >= 15 is 0 Å². The SMILES string of the molecule is CNC1(C)CCC(OC)CC1. The van der Waals surface area contributed by atoms with Gasteiger partial charge in [-0.2, -0.15) is 0 Å². The van der Waals surface area contributed by atoms with Gasteiger partial charge in [-0.3, -0.25) is 0 Å². The van der Waals surface area contributed by atoms with E-state index in [4.69, 9.17) is 4.74 Å². The Balaban J connectivity index is 2.35. The summed E-state index contributed by atoms with van der Waals surface area (Å²) in [6.45, 7) is 2.29. The van der Waals surface area contributed by atoms with E-state index < -0.39 is 0 Å². The predicted octanol–water partition coefficient (Wildman–Crippen LogP) is 1.55. The molecule has 1 saturated carbocycles. The van der Waals surface area contributed by atoms with E-state index in [0.717, 1.165) is 0 Å². The molecule has 0 heterocycles. The molecular weight excluding hydrogens is 138 g/mol. The van der Waals surface area contributed by atoms with Crippen LogP contribution < -0.4 is 5.32 Å². The molecule has 0 aliphatic heterocycles. The van der Waals surface area contributed by atoms with Crippen molar-refractivity contribution in [1.82, 2.24) is 5.32 Å². The average molecular weight is 157 g/mol. The molecule has 0 radical (unpaired) electrons. The normalized spacial score (nSPS) is 39.0. The minimum Gasteiger partial charge on any atom is -0.381 e. The minimum atomic E-state index is 0.370. The molecule has 0 atom stereocenters. The van der Waals surface area contributed by atoms with Crippen LogP contribution in [0.15, 0.2) is 0 Å². The summed E-state index contributed by atoms with van der Waals surface area (Å²) in [5, 5.41) is 3.37. The molecule has 0 saturated heterocycles. The van der Waals surface area contributed by atoms with Gasteiger partial charge in [-0.1, -0.05) is 0 Å². The first-order chi connectivity index (χ1) is 5.20. The first-order valence-electron chi connectivity index (χ1n) is 4.42. The molecule has 0 aromatic heterocycles. The molecule has 1 fully saturated rings. The van der Waals surface area contributed by atoms with E-state index in [1.165, 1.54) is 25.7 Å². The van der Waals surface area contributed by atoms with Crippen molar-refractivity contribution in [3.63, 3.8) is 0 Å². The topological polar surface area (TPSA) is 21.3 Å². The van der Waals surface area contributed by atoms with Crippen molar-refractivity contribution in [2.75, 3.05) is 14.2 Å². The molecule has 0 bridgehead atoms. The van der Waals surface area contributed by atoms with Gasteiger partial charge in [-0.15, -0.1) is 0 Å². The van der Waals surface area contributed by atoms with E-state index in [2.05, 4.69) is 12.2 Å². The number of methoxy groups -OCH3 is 1. The van der Waals surface area contributed by atoms with E-state index in [9.17, 15) is 0 Å². The zero-order chi connectivity index (χ0) is 8.32. The highest BCUT2D eigenvalue weighted by atomic mass is 16.5. The van der Waals surface area contributed by atoms with Gasteiger partial charge in [-0.25, -0.2) is 0 Å². The lowest BCUT2D eigenvalue weighted by molar-refractivity contribution is 0.0471. The smallest absolute Gasteiger partial charge is 0.0572 e. The predicted molar refractivity (Wildman–Crippen MR) is 46.7 cm³/mol.